The molecule has 5 nitrogen and oxygen atoms in total. The van der Waals surface area contributed by atoms with E-state index in [-0.39, 0.29) is 0 Å². The Bertz CT molecular complexity index is 841. The number of thiazole rings is 1. The Morgan fingerprint density at radius 3 is 2.70 bits per heavy atom. The number of halogens is 3. The van der Waals surface area contributed by atoms with Crippen LogP contribution in [-0.4, -0.2) is 48.6 Å². The first-order valence-electron chi connectivity index (χ1n) is 10.1. The van der Waals surface area contributed by atoms with E-state index in [9.17, 15) is 13.2 Å². The number of aromatic nitrogens is 1. The Hall–Kier alpha value is -2.13. The molecule has 0 aliphatic carbocycles. The molecule has 1 aliphatic rings. The molecule has 0 atom stereocenters. The first-order valence-corrected chi connectivity index (χ1v) is 10.9. The number of hydrogen-bond acceptors (Lipinski definition) is 4. The molecule has 0 unspecified atom stereocenters. The summed E-state index contributed by atoms with van der Waals surface area (Å²) in [5.41, 5.74) is 0.116. The van der Waals surface area contributed by atoms with Crippen LogP contribution in [0, 0.1) is 6.92 Å². The maximum atomic E-state index is 12.9. The van der Waals surface area contributed by atoms with Crippen LogP contribution < -0.4 is 10.6 Å². The van der Waals surface area contributed by atoms with Crippen LogP contribution in [0.15, 0.2) is 35.5 Å². The van der Waals surface area contributed by atoms with Crippen LogP contribution in [0.25, 0.3) is 0 Å². The maximum absolute atomic E-state index is 12.9. The van der Waals surface area contributed by atoms with Crippen molar-refractivity contribution in [2.24, 2.45) is 4.99 Å². The summed E-state index contributed by atoms with van der Waals surface area (Å²) in [5.74, 6) is 0.777. The van der Waals surface area contributed by atoms with E-state index in [0.717, 1.165) is 55.9 Å². The number of nitrogens with zero attached hydrogens (tertiary/aromatic N) is 3. The lowest BCUT2D eigenvalue weighted by Gasteiger charge is -2.33. The summed E-state index contributed by atoms with van der Waals surface area (Å²) in [7, 11) is 1.76. The van der Waals surface area contributed by atoms with Gasteiger partial charge in [0.15, 0.2) is 5.96 Å². The molecule has 0 bridgehead atoms. The summed E-state index contributed by atoms with van der Waals surface area (Å²) in [6.45, 7) is 5.03. The van der Waals surface area contributed by atoms with Crippen LogP contribution in [-0.2, 0) is 19.1 Å². The van der Waals surface area contributed by atoms with Gasteiger partial charge in [-0.3, -0.25) is 9.89 Å². The third-order valence-corrected chi connectivity index (χ3v) is 6.09. The number of guanidine groups is 1. The van der Waals surface area contributed by atoms with Crippen LogP contribution >= 0.6 is 11.3 Å². The highest BCUT2D eigenvalue weighted by atomic mass is 32.1. The minimum absolute atomic E-state index is 0.302. The fourth-order valence-corrected chi connectivity index (χ4v) is 4.32. The molecule has 0 radical (unpaired) electrons. The Morgan fingerprint density at radius 1 is 1.30 bits per heavy atom. The number of benzene rings is 1. The molecule has 2 aromatic rings. The lowest BCUT2D eigenvalue weighted by atomic mass is 10.0. The van der Waals surface area contributed by atoms with Crippen molar-refractivity contribution in [2.75, 3.05) is 26.7 Å². The van der Waals surface area contributed by atoms with Crippen molar-refractivity contribution in [1.82, 2.24) is 20.5 Å². The van der Waals surface area contributed by atoms with Crippen molar-refractivity contribution >= 4 is 17.3 Å². The Kier molecular flexibility index (Phi) is 7.71. The predicted molar refractivity (Wildman–Crippen MR) is 115 cm³/mol. The second-order valence-corrected chi connectivity index (χ2v) is 8.83. The molecular weight excluding hydrogens is 411 g/mol. The first kappa shape index (κ1) is 22.6. The summed E-state index contributed by atoms with van der Waals surface area (Å²) in [5, 5.41) is 7.90. The van der Waals surface area contributed by atoms with Gasteiger partial charge in [-0.25, -0.2) is 4.98 Å². The number of piperidine rings is 1. The van der Waals surface area contributed by atoms with Crippen molar-refractivity contribution in [3.05, 3.63) is 51.5 Å². The van der Waals surface area contributed by atoms with Gasteiger partial charge in [0.2, 0.25) is 0 Å². The lowest BCUT2D eigenvalue weighted by molar-refractivity contribution is -0.137. The second-order valence-electron chi connectivity index (χ2n) is 7.51. The zero-order chi connectivity index (χ0) is 21.6. The van der Waals surface area contributed by atoms with E-state index in [0.29, 0.717) is 18.2 Å². The van der Waals surface area contributed by atoms with Gasteiger partial charge in [-0.2, -0.15) is 13.2 Å². The van der Waals surface area contributed by atoms with E-state index in [1.54, 1.807) is 24.5 Å². The molecule has 0 saturated carbocycles. The van der Waals surface area contributed by atoms with Gasteiger partial charge in [-0.15, -0.1) is 11.3 Å². The van der Waals surface area contributed by atoms with E-state index in [4.69, 9.17) is 0 Å². The number of hydrogen-bond donors (Lipinski definition) is 2. The zero-order valence-corrected chi connectivity index (χ0v) is 18.1. The minimum Gasteiger partial charge on any atom is -0.356 e. The summed E-state index contributed by atoms with van der Waals surface area (Å²) in [6, 6.07) is 5.91. The summed E-state index contributed by atoms with van der Waals surface area (Å²) < 4.78 is 38.7. The van der Waals surface area contributed by atoms with E-state index in [1.165, 1.54) is 17.0 Å². The average Bonchev–Trinajstić information content (AvgIpc) is 3.13. The van der Waals surface area contributed by atoms with Gasteiger partial charge in [0.1, 0.15) is 0 Å². The topological polar surface area (TPSA) is 52.6 Å². The number of aryl methyl sites for hydroxylation is 1. The van der Waals surface area contributed by atoms with E-state index in [2.05, 4.69) is 32.4 Å². The molecule has 1 aromatic carbocycles. The van der Waals surface area contributed by atoms with Crippen molar-refractivity contribution < 1.29 is 13.2 Å². The van der Waals surface area contributed by atoms with Crippen LogP contribution in [0.2, 0.25) is 0 Å². The number of likely N-dealkylation sites (tertiary alicyclic amines) is 1. The molecule has 1 saturated heterocycles. The van der Waals surface area contributed by atoms with Gasteiger partial charge in [0.25, 0.3) is 0 Å². The standard InChI is InChI=1S/C21H28F3N5S/c1-15-13-27-19(30-15)6-9-26-20(25-2)28-18-7-10-29(11-8-18)14-16-4-3-5-17(12-16)21(22,23)24/h3-5,12-13,18H,6-11,14H2,1-2H3,(H2,25,26,28). The van der Waals surface area contributed by atoms with E-state index < -0.39 is 11.7 Å². The summed E-state index contributed by atoms with van der Waals surface area (Å²) in [4.78, 5) is 12.1. The molecule has 0 spiro atoms. The van der Waals surface area contributed by atoms with Crippen molar-refractivity contribution in [2.45, 2.75) is 44.9 Å². The van der Waals surface area contributed by atoms with Crippen LogP contribution in [0.5, 0.6) is 0 Å². The summed E-state index contributed by atoms with van der Waals surface area (Å²) >= 11 is 1.71. The van der Waals surface area contributed by atoms with E-state index in [1.807, 2.05) is 6.20 Å². The lowest BCUT2D eigenvalue weighted by Crippen LogP contribution is -2.48. The molecule has 3 rings (SSSR count). The van der Waals surface area contributed by atoms with Gasteiger partial charge in [-0.05, 0) is 31.4 Å². The second kappa shape index (κ2) is 10.3. The van der Waals surface area contributed by atoms with Gasteiger partial charge in [0, 0.05) is 56.8 Å². The maximum Gasteiger partial charge on any atom is 0.416 e. The highest BCUT2D eigenvalue weighted by Crippen LogP contribution is 2.30. The molecule has 0 amide bonds. The van der Waals surface area contributed by atoms with Gasteiger partial charge >= 0.3 is 6.18 Å². The van der Waals surface area contributed by atoms with E-state index >= 15 is 0 Å². The smallest absolute Gasteiger partial charge is 0.356 e. The van der Waals surface area contributed by atoms with Crippen LogP contribution in [0.3, 0.4) is 0 Å². The molecular formula is C21H28F3N5S. The fourth-order valence-electron chi connectivity index (χ4n) is 3.53. The molecule has 30 heavy (non-hydrogen) atoms. The Morgan fingerprint density at radius 2 is 2.07 bits per heavy atom. The molecule has 1 aromatic heterocycles. The minimum atomic E-state index is -4.30. The van der Waals surface area contributed by atoms with Crippen LogP contribution in [0.1, 0.15) is 33.9 Å². The Balaban J connectivity index is 1.41. The quantitative estimate of drug-likeness (QED) is 0.531. The third kappa shape index (κ3) is 6.70. The Labute approximate surface area is 179 Å². The monoisotopic (exact) mass is 439 g/mol. The fraction of sp³-hybridized carbons (Fsp3) is 0.524. The third-order valence-electron chi connectivity index (χ3n) is 5.11. The molecule has 2 heterocycles. The average molecular weight is 440 g/mol. The highest BCUT2D eigenvalue weighted by molar-refractivity contribution is 7.11. The van der Waals surface area contributed by atoms with Gasteiger partial charge < -0.3 is 10.6 Å². The van der Waals surface area contributed by atoms with Crippen molar-refractivity contribution in [3.63, 3.8) is 0 Å². The first-order chi connectivity index (χ1) is 14.3. The normalized spacial score (nSPS) is 16.6. The SMILES string of the molecule is CN=C(NCCc1ncc(C)s1)NC1CCN(Cc2cccc(C(F)(F)F)c2)CC1. The van der Waals surface area contributed by atoms with Gasteiger partial charge in [-0.1, -0.05) is 18.2 Å². The molecule has 1 aliphatic heterocycles. The number of alkyl halides is 3. The predicted octanol–water partition coefficient (Wildman–Crippen LogP) is 3.84. The van der Waals surface area contributed by atoms with Crippen LogP contribution in [0.4, 0.5) is 13.2 Å². The highest BCUT2D eigenvalue weighted by Gasteiger charge is 2.30. The molecule has 9 heteroatoms. The molecule has 164 valence electrons. The number of aliphatic imine (C=N–C) groups is 1. The summed E-state index contributed by atoms with van der Waals surface area (Å²) in [6.07, 6.45) is 0.291. The van der Waals surface area contributed by atoms with Crippen molar-refractivity contribution in [1.29, 1.82) is 0 Å². The number of rotatable bonds is 6. The van der Waals surface area contributed by atoms with Gasteiger partial charge in [0.05, 0.1) is 10.6 Å². The largest absolute Gasteiger partial charge is 0.416 e. The van der Waals surface area contributed by atoms with Crippen molar-refractivity contribution in [3.8, 4) is 0 Å². The molecule has 2 N–H and O–H groups in total. The molecule has 1 fully saturated rings. The number of nitrogens with one attached hydrogen (secondary N) is 2. The zero-order valence-electron chi connectivity index (χ0n) is 17.3.